The number of benzene rings is 1. The Hall–Kier alpha value is -0.690. The molecule has 0 spiro atoms. The van der Waals surface area contributed by atoms with Crippen LogP contribution in [-0.4, -0.2) is 20.5 Å². The number of nitrogens with one attached hydrogen (secondary N) is 1. The average molecular weight is 335 g/mol. The second-order valence-corrected chi connectivity index (χ2v) is 7.85. The van der Waals surface area contributed by atoms with Gasteiger partial charge in [-0.25, -0.2) is 17.5 Å². The van der Waals surface area contributed by atoms with Crippen molar-refractivity contribution < 1.29 is 12.8 Å². The molecule has 4 nitrogen and oxygen atoms in total. The van der Waals surface area contributed by atoms with Crippen LogP contribution in [0.4, 0.5) is 4.39 Å². The molecule has 1 aromatic rings. The van der Waals surface area contributed by atoms with E-state index in [4.69, 9.17) is 17.3 Å². The Balaban J connectivity index is 2.10. The third-order valence-corrected chi connectivity index (χ3v) is 5.57. The summed E-state index contributed by atoms with van der Waals surface area (Å²) in [7, 11) is -3.92. The van der Waals surface area contributed by atoms with Crippen LogP contribution < -0.4 is 10.5 Å². The third-order valence-electron chi connectivity index (χ3n) is 3.90. The molecule has 0 saturated heterocycles. The normalized spacial score (nSPS) is 19.2. The molecular formula is C14H20ClFN2O2S. The monoisotopic (exact) mass is 334 g/mol. The molecule has 1 fully saturated rings. The van der Waals surface area contributed by atoms with E-state index in [1.165, 1.54) is 6.07 Å². The van der Waals surface area contributed by atoms with E-state index in [1.54, 1.807) is 0 Å². The quantitative estimate of drug-likeness (QED) is 0.832. The van der Waals surface area contributed by atoms with Crippen molar-refractivity contribution in [2.45, 2.75) is 49.0 Å². The van der Waals surface area contributed by atoms with Gasteiger partial charge >= 0.3 is 0 Å². The molecule has 3 N–H and O–H groups in total. The van der Waals surface area contributed by atoms with E-state index in [2.05, 4.69) is 4.72 Å². The fourth-order valence-corrected chi connectivity index (χ4v) is 3.97. The van der Waals surface area contributed by atoms with Gasteiger partial charge in [-0.15, -0.1) is 0 Å². The Bertz CT molecular complexity index is 599. The van der Waals surface area contributed by atoms with Crippen LogP contribution in [0.25, 0.3) is 0 Å². The Morgan fingerprint density at radius 1 is 1.24 bits per heavy atom. The number of hydrogen-bond donors (Lipinski definition) is 2. The second kappa shape index (κ2) is 6.60. The van der Waals surface area contributed by atoms with E-state index in [0.29, 0.717) is 0 Å². The number of rotatable bonds is 4. The van der Waals surface area contributed by atoms with Crippen LogP contribution in [0.15, 0.2) is 23.1 Å². The Morgan fingerprint density at radius 3 is 2.43 bits per heavy atom. The molecule has 1 saturated carbocycles. The van der Waals surface area contributed by atoms with Crippen molar-refractivity contribution in [3.05, 3.63) is 29.0 Å². The van der Waals surface area contributed by atoms with E-state index >= 15 is 0 Å². The largest absolute Gasteiger partial charge is 0.324 e. The summed E-state index contributed by atoms with van der Waals surface area (Å²) in [5.41, 5.74) is 5.72. The SMILES string of the molecule is NC1(CNS(=O)(=O)c2ccc(Cl)cc2F)CCCCCC1. The highest BCUT2D eigenvalue weighted by Gasteiger charge is 2.29. The van der Waals surface area contributed by atoms with Crippen molar-refractivity contribution in [1.82, 2.24) is 4.72 Å². The first kappa shape index (κ1) is 16.7. The van der Waals surface area contributed by atoms with Crippen LogP contribution in [0.5, 0.6) is 0 Å². The smallest absolute Gasteiger partial charge is 0.243 e. The summed E-state index contributed by atoms with van der Waals surface area (Å²) in [5, 5.41) is 0.158. The summed E-state index contributed by atoms with van der Waals surface area (Å²) in [4.78, 5) is -0.399. The van der Waals surface area contributed by atoms with E-state index in [9.17, 15) is 12.8 Å². The zero-order chi connectivity index (χ0) is 15.5. The van der Waals surface area contributed by atoms with E-state index < -0.39 is 26.3 Å². The van der Waals surface area contributed by atoms with Gasteiger partial charge in [-0.2, -0.15) is 0 Å². The molecule has 0 unspecified atom stereocenters. The van der Waals surface area contributed by atoms with Crippen LogP contribution in [0, 0.1) is 5.82 Å². The van der Waals surface area contributed by atoms with E-state index in [-0.39, 0.29) is 11.6 Å². The molecule has 21 heavy (non-hydrogen) atoms. The maximum absolute atomic E-state index is 13.7. The summed E-state index contributed by atoms with van der Waals surface area (Å²) < 4.78 is 40.5. The molecule has 0 heterocycles. The molecule has 0 amide bonds. The minimum absolute atomic E-state index is 0.122. The van der Waals surface area contributed by atoms with Crippen molar-refractivity contribution in [3.63, 3.8) is 0 Å². The summed E-state index contributed by atoms with van der Waals surface area (Å²) in [6.45, 7) is 0.122. The number of nitrogens with two attached hydrogens (primary N) is 1. The Labute approximate surface area is 129 Å². The molecule has 1 aromatic carbocycles. The van der Waals surface area contributed by atoms with Gasteiger partial charge in [0.05, 0.1) is 0 Å². The van der Waals surface area contributed by atoms with E-state index in [1.807, 2.05) is 0 Å². The zero-order valence-corrected chi connectivity index (χ0v) is 13.3. The van der Waals surface area contributed by atoms with Crippen molar-refractivity contribution in [2.75, 3.05) is 6.54 Å². The molecule has 2 rings (SSSR count). The van der Waals surface area contributed by atoms with Gasteiger partial charge < -0.3 is 5.73 Å². The molecule has 0 atom stereocenters. The predicted molar refractivity (Wildman–Crippen MR) is 81.2 cm³/mol. The zero-order valence-electron chi connectivity index (χ0n) is 11.7. The van der Waals surface area contributed by atoms with Crippen LogP contribution in [0.3, 0.4) is 0 Å². The van der Waals surface area contributed by atoms with Crippen molar-refractivity contribution in [3.8, 4) is 0 Å². The molecule has 0 aromatic heterocycles. The van der Waals surface area contributed by atoms with Crippen LogP contribution >= 0.6 is 11.6 Å². The molecule has 1 aliphatic rings. The van der Waals surface area contributed by atoms with Gasteiger partial charge in [0, 0.05) is 17.1 Å². The summed E-state index contributed by atoms with van der Waals surface area (Å²) in [5.74, 6) is -0.859. The summed E-state index contributed by atoms with van der Waals surface area (Å²) >= 11 is 5.63. The lowest BCUT2D eigenvalue weighted by Crippen LogP contribution is -2.49. The van der Waals surface area contributed by atoms with Gasteiger partial charge in [0.1, 0.15) is 10.7 Å². The van der Waals surface area contributed by atoms with Crippen LogP contribution in [-0.2, 0) is 10.0 Å². The highest BCUT2D eigenvalue weighted by atomic mass is 35.5. The van der Waals surface area contributed by atoms with Gasteiger partial charge in [-0.05, 0) is 31.0 Å². The maximum atomic E-state index is 13.7. The third kappa shape index (κ3) is 4.39. The minimum atomic E-state index is -3.92. The molecule has 0 bridgehead atoms. The van der Waals surface area contributed by atoms with Gasteiger partial charge in [-0.1, -0.05) is 37.3 Å². The van der Waals surface area contributed by atoms with Gasteiger partial charge in [0.15, 0.2) is 0 Å². The topological polar surface area (TPSA) is 72.2 Å². The van der Waals surface area contributed by atoms with Gasteiger partial charge in [0.2, 0.25) is 10.0 Å². The van der Waals surface area contributed by atoms with Crippen molar-refractivity contribution in [1.29, 1.82) is 0 Å². The molecular weight excluding hydrogens is 315 g/mol. The second-order valence-electron chi connectivity index (χ2n) is 5.68. The lowest BCUT2D eigenvalue weighted by Gasteiger charge is -2.28. The Kier molecular flexibility index (Phi) is 5.24. The van der Waals surface area contributed by atoms with Crippen molar-refractivity contribution >= 4 is 21.6 Å². The average Bonchev–Trinajstić information content (AvgIpc) is 2.62. The highest BCUT2D eigenvalue weighted by Crippen LogP contribution is 2.25. The van der Waals surface area contributed by atoms with Crippen molar-refractivity contribution in [2.24, 2.45) is 5.73 Å². The first-order chi connectivity index (χ1) is 9.82. The predicted octanol–water partition coefficient (Wildman–Crippen LogP) is 2.81. The van der Waals surface area contributed by atoms with Gasteiger partial charge in [-0.3, -0.25) is 0 Å². The maximum Gasteiger partial charge on any atom is 0.243 e. The number of halogens is 2. The van der Waals surface area contributed by atoms with E-state index in [0.717, 1.165) is 50.7 Å². The van der Waals surface area contributed by atoms with Gasteiger partial charge in [0.25, 0.3) is 0 Å². The summed E-state index contributed by atoms with van der Waals surface area (Å²) in [6.07, 6.45) is 5.79. The highest BCUT2D eigenvalue weighted by molar-refractivity contribution is 7.89. The number of hydrogen-bond acceptors (Lipinski definition) is 3. The fourth-order valence-electron chi connectivity index (χ4n) is 2.62. The molecule has 0 radical (unpaired) electrons. The molecule has 0 aliphatic heterocycles. The molecule has 118 valence electrons. The molecule has 7 heteroatoms. The lowest BCUT2D eigenvalue weighted by molar-refractivity contribution is 0.368. The lowest BCUT2D eigenvalue weighted by atomic mass is 9.92. The molecule has 1 aliphatic carbocycles. The fraction of sp³-hybridized carbons (Fsp3) is 0.571. The first-order valence-corrected chi connectivity index (χ1v) is 8.92. The number of sulfonamides is 1. The first-order valence-electron chi connectivity index (χ1n) is 7.06. The minimum Gasteiger partial charge on any atom is -0.324 e. The van der Waals surface area contributed by atoms with Crippen LogP contribution in [0.2, 0.25) is 5.02 Å². The van der Waals surface area contributed by atoms with Crippen LogP contribution in [0.1, 0.15) is 38.5 Å². The summed E-state index contributed by atoms with van der Waals surface area (Å²) in [6, 6.07) is 3.50. The Morgan fingerprint density at radius 2 is 1.86 bits per heavy atom. The standard InChI is InChI=1S/C14H20ClFN2O2S/c15-11-5-6-13(12(16)9-11)21(19,20)18-10-14(17)7-3-1-2-4-8-14/h5-6,9,18H,1-4,7-8,10,17H2.